The van der Waals surface area contributed by atoms with E-state index in [1.54, 1.807) is 0 Å². The maximum absolute atomic E-state index is 13.1. The van der Waals surface area contributed by atoms with Crippen LogP contribution in [-0.2, 0) is 29.9 Å². The fourth-order valence-electron chi connectivity index (χ4n) is 3.07. The highest BCUT2D eigenvalue weighted by atomic mass is 79.9. The molecular weight excluding hydrogens is 743 g/mol. The van der Waals surface area contributed by atoms with Crippen LogP contribution < -0.4 is 9.44 Å². The standard InChI is InChI=1S/C22H14Br2Cl2N4O6S3/c23-19-9-17(11-27-21(19)25)38(33,34)29-13-1-5-15(6-2-13)37(31,32)16-7-3-14(4-8-16)30-39(35,36)18-10-20(24)22(26)28-12-18/h1-12,29-30H. The van der Waals surface area contributed by atoms with Crippen LogP contribution in [0.1, 0.15) is 0 Å². The Morgan fingerprint density at radius 2 is 0.897 bits per heavy atom. The Balaban J connectivity index is 1.50. The van der Waals surface area contributed by atoms with E-state index in [0.29, 0.717) is 8.95 Å². The van der Waals surface area contributed by atoms with Gasteiger partial charge in [0.2, 0.25) is 9.84 Å². The summed E-state index contributed by atoms with van der Waals surface area (Å²) in [5.41, 5.74) is 0.237. The summed E-state index contributed by atoms with van der Waals surface area (Å²) >= 11 is 17.8. The molecule has 0 fully saturated rings. The number of sulfonamides is 2. The lowest BCUT2D eigenvalue weighted by molar-refractivity contribution is 0.595. The van der Waals surface area contributed by atoms with Crippen molar-refractivity contribution in [2.75, 3.05) is 9.44 Å². The molecule has 4 aromatic rings. The molecule has 0 spiro atoms. The van der Waals surface area contributed by atoms with Crippen molar-refractivity contribution in [3.63, 3.8) is 0 Å². The number of pyridine rings is 2. The first-order chi connectivity index (χ1) is 18.2. The van der Waals surface area contributed by atoms with Crippen LogP contribution in [0.2, 0.25) is 10.3 Å². The number of rotatable bonds is 8. The molecule has 2 aromatic heterocycles. The number of anilines is 2. The second-order valence-corrected chi connectivity index (χ2v) is 15.4. The fraction of sp³-hybridized carbons (Fsp3) is 0. The number of halogens is 4. The third kappa shape index (κ3) is 6.73. The Morgan fingerprint density at radius 3 is 1.21 bits per heavy atom. The van der Waals surface area contributed by atoms with Gasteiger partial charge in [-0.25, -0.2) is 35.2 Å². The zero-order chi connectivity index (χ0) is 28.6. The zero-order valence-corrected chi connectivity index (χ0v) is 26.1. The lowest BCUT2D eigenvalue weighted by atomic mass is 10.3. The maximum Gasteiger partial charge on any atom is 0.263 e. The second kappa shape index (κ2) is 11.3. The molecule has 0 radical (unpaired) electrons. The van der Waals surface area contributed by atoms with Crippen LogP contribution in [-0.4, -0.2) is 35.2 Å². The van der Waals surface area contributed by atoms with Crippen LogP contribution in [0, 0.1) is 0 Å². The van der Waals surface area contributed by atoms with E-state index in [1.165, 1.54) is 60.7 Å². The van der Waals surface area contributed by atoms with Gasteiger partial charge in [0.1, 0.15) is 20.1 Å². The topological polar surface area (TPSA) is 152 Å². The van der Waals surface area contributed by atoms with Crippen LogP contribution in [0.25, 0.3) is 0 Å². The van der Waals surface area contributed by atoms with E-state index in [0.717, 1.165) is 12.4 Å². The van der Waals surface area contributed by atoms with Crippen molar-refractivity contribution in [3.8, 4) is 0 Å². The van der Waals surface area contributed by atoms with Crippen LogP contribution >= 0.6 is 55.1 Å². The van der Waals surface area contributed by atoms with Crippen molar-refractivity contribution in [1.29, 1.82) is 0 Å². The third-order valence-corrected chi connectivity index (χ3v) is 11.7. The van der Waals surface area contributed by atoms with Gasteiger partial charge in [0.15, 0.2) is 0 Å². The van der Waals surface area contributed by atoms with E-state index < -0.39 is 29.9 Å². The molecule has 10 nitrogen and oxygen atoms in total. The molecule has 2 heterocycles. The lowest BCUT2D eigenvalue weighted by Gasteiger charge is -2.11. The van der Waals surface area contributed by atoms with E-state index in [9.17, 15) is 25.3 Å². The Labute approximate surface area is 251 Å². The zero-order valence-electron chi connectivity index (χ0n) is 19.0. The minimum Gasteiger partial charge on any atom is -0.280 e. The molecule has 0 atom stereocenters. The highest BCUT2D eigenvalue weighted by Gasteiger charge is 2.21. The molecule has 2 aromatic carbocycles. The van der Waals surface area contributed by atoms with Gasteiger partial charge in [0.25, 0.3) is 20.0 Å². The number of nitrogens with one attached hydrogen (secondary N) is 2. The Morgan fingerprint density at radius 1 is 0.564 bits per heavy atom. The highest BCUT2D eigenvalue weighted by Crippen LogP contribution is 2.28. The van der Waals surface area contributed by atoms with Crippen molar-refractivity contribution in [1.82, 2.24) is 9.97 Å². The smallest absolute Gasteiger partial charge is 0.263 e. The van der Waals surface area contributed by atoms with Crippen molar-refractivity contribution < 1.29 is 25.3 Å². The minimum absolute atomic E-state index is 0.0982. The fourth-order valence-corrected chi connectivity index (χ4v) is 7.60. The molecule has 2 N–H and O–H groups in total. The van der Waals surface area contributed by atoms with E-state index in [-0.39, 0.29) is 41.3 Å². The number of hydrogen-bond donors (Lipinski definition) is 2. The van der Waals surface area contributed by atoms with Gasteiger partial charge in [-0.1, -0.05) is 23.2 Å². The molecule has 4 rings (SSSR count). The molecule has 0 aliphatic rings. The van der Waals surface area contributed by atoms with Crippen molar-refractivity contribution in [2.45, 2.75) is 19.6 Å². The van der Waals surface area contributed by atoms with Crippen LogP contribution in [0.15, 0.2) is 102 Å². The van der Waals surface area contributed by atoms with Crippen LogP contribution in [0.3, 0.4) is 0 Å². The van der Waals surface area contributed by atoms with E-state index >= 15 is 0 Å². The molecule has 204 valence electrons. The number of hydrogen-bond acceptors (Lipinski definition) is 8. The van der Waals surface area contributed by atoms with E-state index in [1.807, 2.05) is 0 Å². The molecule has 17 heteroatoms. The van der Waals surface area contributed by atoms with Gasteiger partial charge < -0.3 is 0 Å². The normalized spacial score (nSPS) is 12.2. The van der Waals surface area contributed by atoms with Crippen molar-refractivity contribution >= 4 is 96.3 Å². The Kier molecular flexibility index (Phi) is 8.61. The summed E-state index contributed by atoms with van der Waals surface area (Å²) in [5.74, 6) is 0. The summed E-state index contributed by atoms with van der Waals surface area (Å²) in [4.78, 5) is 7.07. The highest BCUT2D eigenvalue weighted by molar-refractivity contribution is 9.10. The molecule has 0 aliphatic heterocycles. The molecule has 0 aliphatic carbocycles. The summed E-state index contributed by atoms with van der Waals surface area (Å²) in [5, 5.41) is 0.196. The van der Waals surface area contributed by atoms with Gasteiger partial charge in [0.05, 0.1) is 18.7 Å². The first-order valence-corrected chi connectivity index (χ1v) is 17.1. The predicted octanol–water partition coefficient (Wildman–Crippen LogP) is 5.74. The second-order valence-electron chi connectivity index (χ2n) is 7.65. The first kappa shape index (κ1) is 29.7. The minimum atomic E-state index is -4.02. The van der Waals surface area contributed by atoms with Crippen molar-refractivity contribution in [2.24, 2.45) is 0 Å². The van der Waals surface area contributed by atoms with E-state index in [2.05, 4.69) is 51.3 Å². The summed E-state index contributed by atoms with van der Waals surface area (Å²) in [6.45, 7) is 0. The summed E-state index contributed by atoms with van der Waals surface area (Å²) in [7, 11) is -12.0. The van der Waals surface area contributed by atoms with Crippen LogP contribution in [0.4, 0.5) is 11.4 Å². The molecule has 0 amide bonds. The number of nitrogens with zero attached hydrogens (tertiary/aromatic N) is 2. The molecule has 0 unspecified atom stereocenters. The van der Waals surface area contributed by atoms with Gasteiger partial charge in [-0.15, -0.1) is 0 Å². The quantitative estimate of drug-likeness (QED) is 0.216. The molecule has 0 saturated carbocycles. The van der Waals surface area contributed by atoms with Gasteiger partial charge in [0, 0.05) is 23.8 Å². The summed E-state index contributed by atoms with van der Waals surface area (Å²) < 4.78 is 81.9. The maximum atomic E-state index is 13.1. The number of sulfone groups is 1. The Bertz CT molecular complexity index is 1760. The molecular formula is C22H14Br2Cl2N4O6S3. The van der Waals surface area contributed by atoms with Gasteiger partial charge in [-0.2, -0.15) is 0 Å². The van der Waals surface area contributed by atoms with Gasteiger partial charge >= 0.3 is 0 Å². The largest absolute Gasteiger partial charge is 0.280 e. The monoisotopic (exact) mass is 754 g/mol. The predicted molar refractivity (Wildman–Crippen MR) is 154 cm³/mol. The van der Waals surface area contributed by atoms with Crippen molar-refractivity contribution in [3.05, 3.63) is 92.3 Å². The van der Waals surface area contributed by atoms with E-state index in [4.69, 9.17) is 23.2 Å². The number of aromatic nitrogens is 2. The summed E-state index contributed by atoms with van der Waals surface area (Å²) in [6, 6.07) is 12.7. The molecule has 0 bridgehead atoms. The Hall–Kier alpha value is -2.27. The average Bonchev–Trinajstić information content (AvgIpc) is 2.87. The van der Waals surface area contributed by atoms with Gasteiger partial charge in [-0.3, -0.25) is 9.44 Å². The molecule has 0 saturated heterocycles. The first-order valence-electron chi connectivity index (χ1n) is 10.3. The SMILES string of the molecule is O=S(=O)(Nc1ccc(S(=O)(=O)c2ccc(NS(=O)(=O)c3cnc(Cl)c(Br)c3)cc2)cc1)c1cnc(Cl)c(Br)c1. The number of benzene rings is 2. The average molecular weight is 757 g/mol. The lowest BCUT2D eigenvalue weighted by Crippen LogP contribution is -2.14. The van der Waals surface area contributed by atoms with Crippen LogP contribution in [0.5, 0.6) is 0 Å². The molecule has 39 heavy (non-hydrogen) atoms. The van der Waals surface area contributed by atoms with Gasteiger partial charge in [-0.05, 0) is 92.5 Å². The third-order valence-electron chi connectivity index (χ3n) is 5.00. The summed E-state index contributed by atoms with van der Waals surface area (Å²) in [6.07, 6.45) is 2.17.